The lowest BCUT2D eigenvalue weighted by Gasteiger charge is -2.30. The molecule has 8 rings (SSSR count). The lowest BCUT2D eigenvalue weighted by molar-refractivity contribution is -0.136. The molecule has 1 spiro atoms. The van der Waals surface area contributed by atoms with E-state index in [2.05, 4.69) is 81.3 Å². The van der Waals surface area contributed by atoms with Gasteiger partial charge in [0.1, 0.15) is 23.7 Å². The molecule has 332 valence electrons. The van der Waals surface area contributed by atoms with Gasteiger partial charge in [-0.05, 0) is 82.5 Å². The highest BCUT2D eigenvalue weighted by molar-refractivity contribution is 5.91. The van der Waals surface area contributed by atoms with Gasteiger partial charge in [-0.2, -0.15) is 0 Å². The molecule has 5 atom stereocenters. The molecule has 1 aliphatic carbocycles. The summed E-state index contributed by atoms with van der Waals surface area (Å²) in [5, 5.41) is 7.66. The van der Waals surface area contributed by atoms with Gasteiger partial charge >= 0.3 is 12.2 Å². The molecule has 63 heavy (non-hydrogen) atoms. The van der Waals surface area contributed by atoms with Crippen molar-refractivity contribution in [2.75, 3.05) is 41.0 Å². The molecule has 1 saturated carbocycles. The number of rotatable bonds is 13. The summed E-state index contributed by atoms with van der Waals surface area (Å²) in [5.74, 6) is 1.02. The minimum Gasteiger partial charge on any atom is -0.453 e. The number of fused-ring (bicyclic) bond motifs is 1. The molecule has 2 aliphatic heterocycles. The molecule has 2 aromatic heterocycles. The van der Waals surface area contributed by atoms with Crippen LogP contribution in [-0.4, -0.2) is 107 Å². The van der Waals surface area contributed by atoms with Crippen LogP contribution in [0.15, 0.2) is 73.1 Å². The van der Waals surface area contributed by atoms with E-state index in [1.165, 1.54) is 14.2 Å². The van der Waals surface area contributed by atoms with Crippen LogP contribution >= 0.6 is 0 Å². The highest BCUT2D eigenvalue weighted by Crippen LogP contribution is 2.58. The van der Waals surface area contributed by atoms with Gasteiger partial charge in [0.15, 0.2) is 0 Å². The molecule has 3 aliphatic rings. The molecule has 3 aromatic carbocycles. The Morgan fingerprint density at radius 3 is 1.76 bits per heavy atom. The van der Waals surface area contributed by atoms with E-state index in [1.54, 1.807) is 18.2 Å². The summed E-state index contributed by atoms with van der Waals surface area (Å²) in [4.78, 5) is 72.3. The Morgan fingerprint density at radius 1 is 0.698 bits per heavy atom. The topological polar surface area (TPSA) is 184 Å². The molecule has 3 fully saturated rings. The van der Waals surface area contributed by atoms with Gasteiger partial charge < -0.3 is 44.6 Å². The fourth-order valence-corrected chi connectivity index (χ4v) is 9.35. The van der Waals surface area contributed by atoms with Crippen LogP contribution < -0.4 is 10.6 Å². The van der Waals surface area contributed by atoms with Crippen LogP contribution in [-0.2, 0) is 23.8 Å². The van der Waals surface area contributed by atoms with Crippen LogP contribution in [0.1, 0.15) is 77.1 Å². The number of carbonyl (C=O) groups excluding carboxylic acids is 4. The molecule has 0 bridgehead atoms. The number of hydrogen-bond donors (Lipinski definition) is 4. The summed E-state index contributed by atoms with van der Waals surface area (Å²) >= 11 is 0. The first-order chi connectivity index (χ1) is 30.3. The van der Waals surface area contributed by atoms with Gasteiger partial charge in [-0.3, -0.25) is 9.59 Å². The molecule has 15 heteroatoms. The van der Waals surface area contributed by atoms with Crippen molar-refractivity contribution in [3.05, 3.63) is 84.7 Å². The van der Waals surface area contributed by atoms with E-state index in [4.69, 9.17) is 24.2 Å². The zero-order valence-corrected chi connectivity index (χ0v) is 37.1. The standard InChI is InChI=1S/C48H58N8O7/c1-27(2)40(53-46(59)62-6)44(57)55-24-29(25-61-5)18-38(55)42-49-22-36(51-42)31-10-8-30(9-11-31)32-12-13-34-20-35(15-14-33(34)19-32)37-23-50-43(52-37)39-21-48(16-17-48)26-56(39)45(58)41(28(3)4)54-47(60)63-7/h8-15,19-20,22-23,27-29,38-41H,16-18,21,24-26H2,1-7H3,(H,49,51)(H,50,52)(H,53,59)(H,54,60)/t29-,38-,39-,40?,41-/m0/s1. The average molecular weight is 859 g/mol. The molecule has 4 amide bonds. The lowest BCUT2D eigenvalue weighted by atomic mass is 9.98. The number of nitrogens with one attached hydrogen (secondary N) is 4. The van der Waals surface area contributed by atoms with Crippen molar-refractivity contribution in [1.82, 2.24) is 40.4 Å². The quantitative estimate of drug-likeness (QED) is 0.0925. The number of amides is 4. The Hall–Kier alpha value is -6.22. The second kappa shape index (κ2) is 17.9. The fraction of sp³-hybridized carbons (Fsp3) is 0.458. The molecule has 2 saturated heterocycles. The number of imidazole rings is 2. The number of ether oxygens (including phenoxy) is 3. The summed E-state index contributed by atoms with van der Waals surface area (Å²) in [6, 6.07) is 19.2. The lowest BCUT2D eigenvalue weighted by Crippen LogP contribution is -2.51. The maximum absolute atomic E-state index is 13.9. The van der Waals surface area contributed by atoms with E-state index in [9.17, 15) is 19.2 Å². The van der Waals surface area contributed by atoms with E-state index in [0.29, 0.717) is 31.9 Å². The van der Waals surface area contributed by atoms with Crippen molar-refractivity contribution in [3.8, 4) is 33.6 Å². The van der Waals surface area contributed by atoms with Gasteiger partial charge in [-0.25, -0.2) is 19.6 Å². The third-order valence-corrected chi connectivity index (χ3v) is 13.1. The predicted molar refractivity (Wildman–Crippen MR) is 238 cm³/mol. The molecule has 4 N–H and O–H groups in total. The summed E-state index contributed by atoms with van der Waals surface area (Å²) in [5.41, 5.74) is 5.96. The van der Waals surface area contributed by atoms with Crippen LogP contribution in [0.2, 0.25) is 0 Å². The second-order valence-electron chi connectivity index (χ2n) is 18.2. The Balaban J connectivity index is 0.963. The third-order valence-electron chi connectivity index (χ3n) is 13.1. The summed E-state index contributed by atoms with van der Waals surface area (Å²) < 4.78 is 15.1. The van der Waals surface area contributed by atoms with Gasteiger partial charge in [0.25, 0.3) is 0 Å². The van der Waals surface area contributed by atoms with Gasteiger partial charge in [-0.1, -0.05) is 76.2 Å². The van der Waals surface area contributed by atoms with E-state index >= 15 is 0 Å². The Morgan fingerprint density at radius 2 is 1.21 bits per heavy atom. The first kappa shape index (κ1) is 43.4. The van der Waals surface area contributed by atoms with Crippen molar-refractivity contribution in [2.24, 2.45) is 23.2 Å². The fourth-order valence-electron chi connectivity index (χ4n) is 9.35. The smallest absolute Gasteiger partial charge is 0.407 e. The SMILES string of the molecule is COC[C@H]1C[C@@H](c2ncc(-c3ccc(-c4ccc5cc(-c6cnc([C@@H]7CC8(CC8)CN7C(=O)[C@@H](NC(=O)OC)C(C)C)[nH]6)ccc5c4)cc3)[nH]2)N(C(=O)C(NC(=O)OC)C(C)C)C1. The largest absolute Gasteiger partial charge is 0.453 e. The molecule has 5 aromatic rings. The third kappa shape index (κ3) is 9.01. The van der Waals surface area contributed by atoms with Crippen LogP contribution in [0.25, 0.3) is 44.4 Å². The number of hydrogen-bond acceptors (Lipinski definition) is 9. The van der Waals surface area contributed by atoms with Crippen molar-refractivity contribution in [2.45, 2.75) is 77.5 Å². The number of H-pyrrole nitrogens is 2. The summed E-state index contributed by atoms with van der Waals surface area (Å²) in [7, 11) is 4.25. The minimum atomic E-state index is -0.739. The highest BCUT2D eigenvalue weighted by Gasteiger charge is 2.55. The average Bonchev–Trinajstić information content (AvgIpc) is 3.78. The van der Waals surface area contributed by atoms with Gasteiger partial charge in [-0.15, -0.1) is 0 Å². The molecule has 4 heterocycles. The summed E-state index contributed by atoms with van der Waals surface area (Å²) in [6.07, 6.45) is 6.08. The van der Waals surface area contributed by atoms with Crippen LogP contribution in [0.4, 0.5) is 9.59 Å². The molecular weight excluding hydrogens is 801 g/mol. The van der Waals surface area contributed by atoms with Crippen LogP contribution in [0.3, 0.4) is 0 Å². The normalized spacial score (nSPS) is 20.0. The molecular formula is C48H58N8O7. The Bertz CT molecular complexity index is 2470. The number of alkyl carbamates (subject to hydrolysis) is 2. The number of aromatic amines is 2. The van der Waals surface area contributed by atoms with E-state index in [1.807, 2.05) is 38.8 Å². The number of benzene rings is 3. The van der Waals surface area contributed by atoms with Gasteiger partial charge in [0.2, 0.25) is 11.8 Å². The Kier molecular flexibility index (Phi) is 12.3. The van der Waals surface area contributed by atoms with Crippen molar-refractivity contribution in [3.63, 3.8) is 0 Å². The van der Waals surface area contributed by atoms with Crippen molar-refractivity contribution < 1.29 is 33.4 Å². The van der Waals surface area contributed by atoms with Crippen LogP contribution in [0, 0.1) is 23.2 Å². The minimum absolute atomic E-state index is 0.109. The Labute approximate surface area is 367 Å². The van der Waals surface area contributed by atoms with E-state index in [0.717, 1.165) is 69.5 Å². The first-order valence-electron chi connectivity index (χ1n) is 21.8. The second-order valence-corrected chi connectivity index (χ2v) is 18.2. The number of methoxy groups -OCH3 is 3. The molecule has 1 unspecified atom stereocenters. The zero-order chi connectivity index (χ0) is 44.6. The van der Waals surface area contributed by atoms with Crippen molar-refractivity contribution >= 4 is 34.8 Å². The van der Waals surface area contributed by atoms with Crippen molar-refractivity contribution in [1.29, 1.82) is 0 Å². The van der Waals surface area contributed by atoms with E-state index in [-0.39, 0.29) is 47.1 Å². The summed E-state index contributed by atoms with van der Waals surface area (Å²) in [6.45, 7) is 9.30. The van der Waals surface area contributed by atoms with Gasteiger partial charge in [0.05, 0.1) is 56.7 Å². The number of carbonyl (C=O) groups is 4. The van der Waals surface area contributed by atoms with Gasteiger partial charge in [0, 0.05) is 31.7 Å². The highest BCUT2D eigenvalue weighted by atomic mass is 16.5. The molecule has 15 nitrogen and oxygen atoms in total. The number of nitrogens with zero attached hydrogens (tertiary/aromatic N) is 4. The molecule has 0 radical (unpaired) electrons. The van der Waals surface area contributed by atoms with Crippen LogP contribution in [0.5, 0.6) is 0 Å². The number of likely N-dealkylation sites (tertiary alicyclic amines) is 2. The monoisotopic (exact) mass is 858 g/mol. The zero-order valence-electron chi connectivity index (χ0n) is 37.1. The first-order valence-corrected chi connectivity index (χ1v) is 21.8. The predicted octanol–water partition coefficient (Wildman–Crippen LogP) is 7.64. The maximum atomic E-state index is 13.9. The van der Waals surface area contributed by atoms with E-state index < -0.39 is 24.3 Å². The maximum Gasteiger partial charge on any atom is 0.407 e. The number of aromatic nitrogens is 4.